The molecule has 1 aliphatic rings. The minimum atomic E-state index is -1.06. The smallest absolute Gasteiger partial charge is 0.308 e. The zero-order valence-electron chi connectivity index (χ0n) is 13.0. The zero-order chi connectivity index (χ0) is 18.1. The van der Waals surface area contributed by atoms with E-state index >= 15 is 0 Å². The number of hydrogen-bond donors (Lipinski definition) is 1. The number of halogens is 3. The highest BCUT2D eigenvalue weighted by Crippen LogP contribution is 2.34. The summed E-state index contributed by atoms with van der Waals surface area (Å²) in [4.78, 5) is 25.5. The van der Waals surface area contributed by atoms with E-state index in [1.165, 1.54) is 41.3 Å². The van der Waals surface area contributed by atoms with Gasteiger partial charge in [0.2, 0.25) is 0 Å². The van der Waals surface area contributed by atoms with Gasteiger partial charge in [0.1, 0.15) is 11.6 Å². The van der Waals surface area contributed by atoms with Crippen molar-refractivity contribution in [2.75, 3.05) is 13.1 Å². The van der Waals surface area contributed by atoms with E-state index in [1.807, 2.05) is 0 Å². The van der Waals surface area contributed by atoms with E-state index in [2.05, 4.69) is 0 Å². The molecule has 0 aromatic heterocycles. The number of amides is 1. The summed E-state index contributed by atoms with van der Waals surface area (Å²) in [7, 11) is 0. The summed E-state index contributed by atoms with van der Waals surface area (Å²) in [6, 6.07) is 9.15. The number of likely N-dealkylation sites (tertiary alicyclic amines) is 1. The number of benzene rings is 2. The van der Waals surface area contributed by atoms with Crippen LogP contribution in [0.1, 0.15) is 21.8 Å². The first kappa shape index (κ1) is 17.4. The number of hydrogen-bond acceptors (Lipinski definition) is 2. The fourth-order valence-electron chi connectivity index (χ4n) is 3.10. The summed E-state index contributed by atoms with van der Waals surface area (Å²) in [5.41, 5.74) is 0.423. The molecular weight excluding hydrogens is 352 g/mol. The van der Waals surface area contributed by atoms with E-state index in [0.29, 0.717) is 5.56 Å². The Hall–Kier alpha value is -2.47. The van der Waals surface area contributed by atoms with Crippen molar-refractivity contribution < 1.29 is 23.5 Å². The molecule has 1 fully saturated rings. The predicted molar refractivity (Wildman–Crippen MR) is 87.6 cm³/mol. The first-order valence-electron chi connectivity index (χ1n) is 7.59. The van der Waals surface area contributed by atoms with Gasteiger partial charge in [-0.15, -0.1) is 0 Å². The van der Waals surface area contributed by atoms with Gasteiger partial charge in [-0.1, -0.05) is 23.7 Å². The summed E-state index contributed by atoms with van der Waals surface area (Å²) in [5, 5.41) is 9.68. The predicted octanol–water partition coefficient (Wildman–Crippen LogP) is 3.56. The fraction of sp³-hybridized carbons (Fsp3) is 0.222. The average molecular weight is 366 g/mol. The van der Waals surface area contributed by atoms with Gasteiger partial charge in [-0.2, -0.15) is 0 Å². The van der Waals surface area contributed by atoms with E-state index in [0.717, 1.165) is 6.07 Å². The van der Waals surface area contributed by atoms with Crippen molar-refractivity contribution in [3.05, 3.63) is 70.2 Å². The van der Waals surface area contributed by atoms with Crippen LogP contribution in [0.2, 0.25) is 5.02 Å². The number of carboxylic acid groups (broad SMARTS) is 1. The van der Waals surface area contributed by atoms with Crippen LogP contribution in [0.15, 0.2) is 42.5 Å². The van der Waals surface area contributed by atoms with Gasteiger partial charge in [0.05, 0.1) is 11.5 Å². The molecular formula is C18H14ClF2NO3. The maximum absolute atomic E-state index is 13.9. The highest BCUT2D eigenvalue weighted by molar-refractivity contribution is 6.31. The standard InChI is InChI=1S/C18H14ClF2NO3/c19-11-3-6-16(21)13(7-11)17(23)22-8-14(15(9-22)18(24)25)10-1-4-12(20)5-2-10/h1-7,14-15H,8-9H2,(H,24,25). The van der Waals surface area contributed by atoms with Crippen LogP contribution in [0.5, 0.6) is 0 Å². The molecule has 0 saturated carbocycles. The van der Waals surface area contributed by atoms with Crippen molar-refractivity contribution in [1.29, 1.82) is 0 Å². The molecule has 2 atom stereocenters. The molecule has 1 N–H and O–H groups in total. The summed E-state index contributed by atoms with van der Waals surface area (Å²) in [6.45, 7) is 0.0511. The third kappa shape index (κ3) is 3.49. The second-order valence-electron chi connectivity index (χ2n) is 5.94. The van der Waals surface area contributed by atoms with Crippen LogP contribution < -0.4 is 0 Å². The van der Waals surface area contributed by atoms with Gasteiger partial charge in [-0.25, -0.2) is 8.78 Å². The maximum Gasteiger partial charge on any atom is 0.308 e. The van der Waals surface area contributed by atoms with E-state index in [-0.39, 0.29) is 23.7 Å². The quantitative estimate of drug-likeness (QED) is 0.904. The first-order chi connectivity index (χ1) is 11.9. The van der Waals surface area contributed by atoms with Crippen molar-refractivity contribution in [1.82, 2.24) is 4.90 Å². The Balaban J connectivity index is 1.89. The molecule has 7 heteroatoms. The molecule has 3 rings (SSSR count). The Bertz CT molecular complexity index is 826. The van der Waals surface area contributed by atoms with Crippen molar-refractivity contribution in [3.8, 4) is 0 Å². The molecule has 0 aliphatic carbocycles. The molecule has 1 heterocycles. The molecule has 130 valence electrons. The largest absolute Gasteiger partial charge is 0.481 e. The number of carboxylic acids is 1. The van der Waals surface area contributed by atoms with Gasteiger partial charge in [0, 0.05) is 24.0 Å². The Morgan fingerprint density at radius 3 is 2.40 bits per heavy atom. The van der Waals surface area contributed by atoms with Crippen LogP contribution in [0, 0.1) is 17.6 Å². The third-order valence-corrected chi connectivity index (χ3v) is 4.62. The monoisotopic (exact) mass is 365 g/mol. The lowest BCUT2D eigenvalue weighted by Crippen LogP contribution is -2.30. The van der Waals surface area contributed by atoms with E-state index in [4.69, 9.17) is 11.6 Å². The SMILES string of the molecule is O=C(O)C1CN(C(=O)c2cc(Cl)ccc2F)CC1c1ccc(F)cc1. The Morgan fingerprint density at radius 1 is 1.08 bits per heavy atom. The minimum Gasteiger partial charge on any atom is -0.481 e. The molecule has 4 nitrogen and oxygen atoms in total. The van der Waals surface area contributed by atoms with Crippen molar-refractivity contribution in [2.24, 2.45) is 5.92 Å². The molecule has 25 heavy (non-hydrogen) atoms. The van der Waals surface area contributed by atoms with Gasteiger partial charge in [-0.05, 0) is 35.9 Å². The topological polar surface area (TPSA) is 57.6 Å². The van der Waals surface area contributed by atoms with E-state index in [9.17, 15) is 23.5 Å². The Labute approximate surface area is 147 Å². The molecule has 2 unspecified atom stereocenters. The van der Waals surface area contributed by atoms with Crippen LogP contribution in [0.25, 0.3) is 0 Å². The van der Waals surface area contributed by atoms with Gasteiger partial charge in [0.25, 0.3) is 5.91 Å². The average Bonchev–Trinajstić information content (AvgIpc) is 3.02. The Morgan fingerprint density at radius 2 is 1.76 bits per heavy atom. The Kier molecular flexibility index (Phi) is 4.72. The number of carbonyl (C=O) groups is 2. The van der Waals surface area contributed by atoms with Crippen LogP contribution in [-0.2, 0) is 4.79 Å². The molecule has 0 spiro atoms. The van der Waals surface area contributed by atoms with Gasteiger partial charge < -0.3 is 10.0 Å². The number of nitrogens with zero attached hydrogens (tertiary/aromatic N) is 1. The summed E-state index contributed by atoms with van der Waals surface area (Å²) in [6.07, 6.45) is 0. The summed E-state index contributed by atoms with van der Waals surface area (Å²) < 4.78 is 27.0. The van der Waals surface area contributed by atoms with Crippen LogP contribution in [0.4, 0.5) is 8.78 Å². The van der Waals surface area contributed by atoms with Crippen LogP contribution >= 0.6 is 11.6 Å². The molecule has 1 amide bonds. The van der Waals surface area contributed by atoms with Crippen molar-refractivity contribution >= 4 is 23.5 Å². The van der Waals surface area contributed by atoms with E-state index in [1.54, 1.807) is 0 Å². The molecule has 0 radical (unpaired) electrons. The fourth-order valence-corrected chi connectivity index (χ4v) is 3.27. The zero-order valence-corrected chi connectivity index (χ0v) is 13.7. The number of rotatable bonds is 3. The third-order valence-electron chi connectivity index (χ3n) is 4.38. The second kappa shape index (κ2) is 6.80. The number of aliphatic carboxylic acids is 1. The molecule has 0 bridgehead atoms. The minimum absolute atomic E-state index is 0.0534. The number of carbonyl (C=O) groups excluding carboxylic acids is 1. The van der Waals surface area contributed by atoms with E-state index < -0.39 is 35.3 Å². The lowest BCUT2D eigenvalue weighted by molar-refractivity contribution is -0.141. The highest BCUT2D eigenvalue weighted by Gasteiger charge is 2.41. The molecule has 2 aromatic carbocycles. The lowest BCUT2D eigenvalue weighted by Gasteiger charge is -2.17. The lowest BCUT2D eigenvalue weighted by atomic mass is 9.89. The van der Waals surface area contributed by atoms with Crippen molar-refractivity contribution in [3.63, 3.8) is 0 Å². The van der Waals surface area contributed by atoms with Crippen LogP contribution in [-0.4, -0.2) is 35.0 Å². The summed E-state index contributed by atoms with van der Waals surface area (Å²) >= 11 is 5.82. The first-order valence-corrected chi connectivity index (χ1v) is 7.97. The van der Waals surface area contributed by atoms with Gasteiger partial charge in [-0.3, -0.25) is 9.59 Å². The van der Waals surface area contributed by atoms with Gasteiger partial charge in [0.15, 0.2) is 0 Å². The highest BCUT2D eigenvalue weighted by atomic mass is 35.5. The maximum atomic E-state index is 13.9. The summed E-state index contributed by atoms with van der Waals surface area (Å²) in [5.74, 6) is -4.16. The molecule has 1 saturated heterocycles. The molecule has 2 aromatic rings. The second-order valence-corrected chi connectivity index (χ2v) is 6.37. The normalized spacial score (nSPS) is 19.9. The molecule has 1 aliphatic heterocycles. The van der Waals surface area contributed by atoms with Gasteiger partial charge >= 0.3 is 5.97 Å². The van der Waals surface area contributed by atoms with Crippen molar-refractivity contribution in [2.45, 2.75) is 5.92 Å². The van der Waals surface area contributed by atoms with Crippen LogP contribution in [0.3, 0.4) is 0 Å².